The van der Waals surface area contributed by atoms with Gasteiger partial charge in [0.1, 0.15) is 22.1 Å². The molecule has 0 aliphatic rings. The average Bonchev–Trinajstić information content (AvgIpc) is 2.69. The Kier molecular flexibility index (Phi) is 6.25. The van der Waals surface area contributed by atoms with Crippen LogP contribution in [0.1, 0.15) is 13.3 Å². The summed E-state index contributed by atoms with van der Waals surface area (Å²) in [7, 11) is -3.26. The molecule has 0 N–H and O–H groups in total. The zero-order valence-corrected chi connectivity index (χ0v) is 16.5. The predicted molar refractivity (Wildman–Crippen MR) is 110 cm³/mol. The van der Waals surface area contributed by atoms with Gasteiger partial charge in [-0.1, -0.05) is 61.5 Å². The molecule has 1 unspecified atom stereocenters. The van der Waals surface area contributed by atoms with E-state index in [1.807, 2.05) is 91.0 Å². The molecular weight excluding hydrogens is 360 g/mol. The molecule has 3 nitrogen and oxygen atoms in total. The highest BCUT2D eigenvalue weighted by Gasteiger charge is 2.55. The lowest BCUT2D eigenvalue weighted by Crippen LogP contribution is -2.62. The zero-order valence-electron chi connectivity index (χ0n) is 14.6. The Morgan fingerprint density at radius 3 is 1.23 bits per heavy atom. The number of hydrogen-bond donors (Lipinski definition) is 1. The second-order valence-electron chi connectivity index (χ2n) is 5.77. The van der Waals surface area contributed by atoms with Crippen LogP contribution in [0.15, 0.2) is 91.0 Å². The van der Waals surface area contributed by atoms with Gasteiger partial charge >= 0.3 is 8.80 Å². The molecule has 0 amide bonds. The molecule has 0 saturated heterocycles. The molecule has 0 heterocycles. The molecule has 3 aromatic carbocycles. The van der Waals surface area contributed by atoms with Crippen LogP contribution in [0.25, 0.3) is 0 Å². The van der Waals surface area contributed by atoms with Crippen molar-refractivity contribution < 1.29 is 13.3 Å². The predicted octanol–water partition coefficient (Wildman–Crippen LogP) is 5.41. The summed E-state index contributed by atoms with van der Waals surface area (Å²) in [6, 6.07) is 28.8. The molecule has 0 saturated carbocycles. The summed E-state index contributed by atoms with van der Waals surface area (Å²) < 4.78 is 19.1. The molecule has 0 aromatic heterocycles. The van der Waals surface area contributed by atoms with E-state index >= 15 is 0 Å². The second kappa shape index (κ2) is 8.83. The Bertz CT molecular complexity index is 683. The zero-order chi connectivity index (χ0) is 18.2. The van der Waals surface area contributed by atoms with Gasteiger partial charge in [-0.25, -0.2) is 0 Å². The van der Waals surface area contributed by atoms with Crippen LogP contribution in [0.4, 0.5) is 0 Å². The van der Waals surface area contributed by atoms with Crippen LogP contribution >= 0.6 is 12.6 Å². The molecule has 1 atom stereocenters. The summed E-state index contributed by atoms with van der Waals surface area (Å²) in [6.07, 6.45) is 0.752. The van der Waals surface area contributed by atoms with E-state index in [-0.39, 0.29) is 4.87 Å². The monoisotopic (exact) mass is 382 g/mol. The third-order valence-electron chi connectivity index (χ3n) is 3.80. The van der Waals surface area contributed by atoms with Gasteiger partial charge in [-0.15, -0.1) is 0 Å². The van der Waals surface area contributed by atoms with E-state index in [1.54, 1.807) is 0 Å². The first-order valence-corrected chi connectivity index (χ1v) is 10.9. The number of hydrogen-bond acceptors (Lipinski definition) is 4. The highest BCUT2D eigenvalue weighted by Crippen LogP contribution is 2.29. The number of rotatable bonds is 8. The van der Waals surface area contributed by atoms with E-state index in [0.717, 1.165) is 6.42 Å². The van der Waals surface area contributed by atoms with Crippen LogP contribution in [0.2, 0.25) is 0 Å². The highest BCUT2D eigenvalue weighted by molar-refractivity contribution is 7.83. The van der Waals surface area contributed by atoms with E-state index in [1.165, 1.54) is 0 Å². The standard InChI is InChI=1S/C21H22O3SSi/c1-2-21(25)26(22-18-12-6-3-7-13-18,23-19-14-8-4-9-15-19)24-20-16-10-5-11-17-20/h3-17,21,25H,2H2,1H3. The molecule has 0 bridgehead atoms. The molecular formula is C21H22O3SSi. The number of thiol groups is 1. The molecule has 0 fully saturated rings. The lowest BCUT2D eigenvalue weighted by molar-refractivity contribution is 0.257. The minimum absolute atomic E-state index is 0.192. The summed E-state index contributed by atoms with van der Waals surface area (Å²) >= 11 is 4.79. The SMILES string of the molecule is CCC(S)[Si](Oc1ccccc1)(Oc1ccccc1)Oc1ccccc1. The minimum atomic E-state index is -3.26. The first-order chi connectivity index (χ1) is 12.7. The maximum absolute atomic E-state index is 6.38. The van der Waals surface area contributed by atoms with Crippen LogP contribution in [-0.4, -0.2) is 13.7 Å². The molecule has 0 aliphatic carbocycles. The first-order valence-electron chi connectivity index (χ1n) is 8.62. The maximum Gasteiger partial charge on any atom is 0.712 e. The van der Waals surface area contributed by atoms with Gasteiger partial charge in [-0.3, -0.25) is 0 Å². The van der Waals surface area contributed by atoms with E-state index in [4.69, 9.17) is 25.9 Å². The van der Waals surface area contributed by atoms with Crippen molar-refractivity contribution in [2.75, 3.05) is 0 Å². The van der Waals surface area contributed by atoms with Crippen LogP contribution < -0.4 is 13.3 Å². The molecule has 0 aliphatic heterocycles. The van der Waals surface area contributed by atoms with Crippen molar-refractivity contribution in [1.82, 2.24) is 0 Å². The fraction of sp³-hybridized carbons (Fsp3) is 0.143. The topological polar surface area (TPSA) is 27.7 Å². The fourth-order valence-electron chi connectivity index (χ4n) is 2.47. The van der Waals surface area contributed by atoms with Gasteiger partial charge < -0.3 is 13.3 Å². The molecule has 3 rings (SSSR count). The molecule has 0 radical (unpaired) electrons. The van der Waals surface area contributed by atoms with Crippen molar-refractivity contribution in [3.63, 3.8) is 0 Å². The summed E-state index contributed by atoms with van der Waals surface area (Å²) in [5, 5.41) is 0. The molecule has 134 valence electrons. The third kappa shape index (κ3) is 4.62. The Morgan fingerprint density at radius 2 is 0.962 bits per heavy atom. The molecule has 3 aromatic rings. The van der Waals surface area contributed by atoms with Gasteiger partial charge in [0, 0.05) is 0 Å². The van der Waals surface area contributed by atoms with Crippen LogP contribution in [-0.2, 0) is 0 Å². The van der Waals surface area contributed by atoms with Gasteiger partial charge in [0.2, 0.25) is 0 Å². The first kappa shape index (κ1) is 18.4. The van der Waals surface area contributed by atoms with Crippen molar-refractivity contribution in [3.05, 3.63) is 91.0 Å². The van der Waals surface area contributed by atoms with E-state index in [9.17, 15) is 0 Å². The van der Waals surface area contributed by atoms with Gasteiger partial charge in [0.15, 0.2) is 0 Å². The molecule has 26 heavy (non-hydrogen) atoms. The third-order valence-corrected chi connectivity index (χ3v) is 7.90. The van der Waals surface area contributed by atoms with Gasteiger partial charge in [-0.05, 0) is 42.8 Å². The Morgan fingerprint density at radius 1 is 0.654 bits per heavy atom. The lowest BCUT2D eigenvalue weighted by Gasteiger charge is -2.33. The normalized spacial score (nSPS) is 12.2. The minimum Gasteiger partial charge on any atom is -0.483 e. The van der Waals surface area contributed by atoms with Crippen LogP contribution in [0.5, 0.6) is 17.2 Å². The maximum atomic E-state index is 6.38. The Labute approximate surface area is 161 Å². The summed E-state index contributed by atoms with van der Waals surface area (Å²) in [5.41, 5.74) is 0. The second-order valence-corrected chi connectivity index (χ2v) is 9.40. The largest absolute Gasteiger partial charge is 0.712 e. The fourth-order valence-corrected chi connectivity index (χ4v) is 5.38. The Balaban J connectivity index is 2.00. The van der Waals surface area contributed by atoms with Crippen molar-refractivity contribution in [2.24, 2.45) is 0 Å². The van der Waals surface area contributed by atoms with Crippen LogP contribution in [0, 0.1) is 0 Å². The molecule has 5 heteroatoms. The smallest absolute Gasteiger partial charge is 0.483 e. The highest BCUT2D eigenvalue weighted by atomic mass is 32.1. The Hall–Kier alpha value is -2.37. The van der Waals surface area contributed by atoms with Crippen molar-refractivity contribution in [2.45, 2.75) is 18.2 Å². The summed E-state index contributed by atoms with van der Waals surface area (Å²) in [5.74, 6) is 2.12. The van der Waals surface area contributed by atoms with Gasteiger partial charge in [0.05, 0.1) is 0 Å². The van der Waals surface area contributed by atoms with Gasteiger partial charge in [-0.2, -0.15) is 12.6 Å². The molecule has 0 spiro atoms. The van der Waals surface area contributed by atoms with Crippen molar-refractivity contribution >= 4 is 21.4 Å². The summed E-state index contributed by atoms with van der Waals surface area (Å²) in [6.45, 7) is 2.05. The lowest BCUT2D eigenvalue weighted by atomic mass is 10.3. The van der Waals surface area contributed by atoms with Crippen LogP contribution in [0.3, 0.4) is 0 Å². The van der Waals surface area contributed by atoms with E-state index in [0.29, 0.717) is 17.2 Å². The summed E-state index contributed by atoms with van der Waals surface area (Å²) in [4.78, 5) is -0.192. The quantitative estimate of drug-likeness (QED) is 0.417. The van der Waals surface area contributed by atoms with Gasteiger partial charge in [0.25, 0.3) is 0 Å². The number of para-hydroxylation sites is 3. The van der Waals surface area contributed by atoms with Crippen molar-refractivity contribution in [3.8, 4) is 17.2 Å². The van der Waals surface area contributed by atoms with Crippen molar-refractivity contribution in [1.29, 1.82) is 0 Å². The number of benzene rings is 3. The van der Waals surface area contributed by atoms with E-state index in [2.05, 4.69) is 6.92 Å². The van der Waals surface area contributed by atoms with E-state index < -0.39 is 8.80 Å². The average molecular weight is 383 g/mol.